The van der Waals surface area contributed by atoms with Crippen molar-refractivity contribution in [2.75, 3.05) is 7.05 Å². The lowest BCUT2D eigenvalue weighted by molar-refractivity contribution is 0.680. The molecule has 0 aliphatic heterocycles. The van der Waals surface area contributed by atoms with Crippen molar-refractivity contribution in [3.63, 3.8) is 0 Å². The van der Waals surface area contributed by atoms with Gasteiger partial charge >= 0.3 is 0 Å². The van der Waals surface area contributed by atoms with E-state index in [1.165, 1.54) is 0 Å². The highest BCUT2D eigenvalue weighted by Gasteiger charge is 2.17. The molecule has 0 radical (unpaired) electrons. The number of thiazole rings is 2. The van der Waals surface area contributed by atoms with Gasteiger partial charge in [0.05, 0.1) is 0 Å². The number of rotatable bonds is 3. The summed E-state index contributed by atoms with van der Waals surface area (Å²) in [6.45, 7) is 2.01. The van der Waals surface area contributed by atoms with Crippen LogP contribution in [0.5, 0.6) is 0 Å². The zero-order valence-electron chi connectivity index (χ0n) is 8.02. The fraction of sp³-hybridized carbons (Fsp3) is 0.333. The van der Waals surface area contributed by atoms with Crippen LogP contribution in [0.25, 0.3) is 0 Å². The number of hydrogen-bond donors (Lipinski definition) is 1. The summed E-state index contributed by atoms with van der Waals surface area (Å²) in [7, 11) is 1.93. The van der Waals surface area contributed by atoms with Crippen LogP contribution < -0.4 is 5.32 Å². The third-order valence-corrected chi connectivity index (χ3v) is 3.74. The van der Waals surface area contributed by atoms with E-state index in [0.717, 1.165) is 15.7 Å². The van der Waals surface area contributed by atoms with E-state index in [2.05, 4.69) is 20.7 Å². The summed E-state index contributed by atoms with van der Waals surface area (Å²) in [5.74, 6) is 0. The molecule has 74 valence electrons. The first-order chi connectivity index (χ1) is 6.81. The lowest BCUT2D eigenvalue weighted by atomic mass is 10.3. The minimum absolute atomic E-state index is 0.147. The predicted molar refractivity (Wildman–Crippen MR) is 59.9 cm³/mol. The molecule has 0 saturated heterocycles. The summed E-state index contributed by atoms with van der Waals surface area (Å²) >= 11 is 3.33. The molecule has 2 aromatic rings. The smallest absolute Gasteiger partial charge is 0.117 e. The molecule has 1 N–H and O–H groups in total. The van der Waals surface area contributed by atoms with E-state index in [-0.39, 0.29) is 6.04 Å². The number of aromatic nitrogens is 2. The lowest BCUT2D eigenvalue weighted by Gasteiger charge is -2.09. The normalized spacial score (nSPS) is 13.0. The Morgan fingerprint density at radius 2 is 2.21 bits per heavy atom. The SMILES string of the molecule is CNC(c1nccs1)c1nc(C)cs1. The number of hydrogen-bond acceptors (Lipinski definition) is 5. The Labute approximate surface area is 90.9 Å². The summed E-state index contributed by atoms with van der Waals surface area (Å²) < 4.78 is 0. The molecule has 5 heteroatoms. The van der Waals surface area contributed by atoms with Crippen molar-refractivity contribution in [1.82, 2.24) is 15.3 Å². The van der Waals surface area contributed by atoms with Crippen molar-refractivity contribution in [2.45, 2.75) is 13.0 Å². The maximum Gasteiger partial charge on any atom is 0.117 e. The number of nitrogens with zero attached hydrogens (tertiary/aromatic N) is 2. The zero-order chi connectivity index (χ0) is 9.97. The molecule has 3 nitrogen and oxygen atoms in total. The van der Waals surface area contributed by atoms with Gasteiger partial charge in [-0.2, -0.15) is 0 Å². The Bertz CT molecular complexity index is 394. The molecular formula is C9H11N3S2. The van der Waals surface area contributed by atoms with Crippen LogP contribution in [0, 0.1) is 6.92 Å². The third kappa shape index (κ3) is 1.84. The van der Waals surface area contributed by atoms with Crippen molar-refractivity contribution in [3.8, 4) is 0 Å². The molecule has 14 heavy (non-hydrogen) atoms. The average Bonchev–Trinajstić information content (AvgIpc) is 2.79. The molecule has 2 rings (SSSR count). The van der Waals surface area contributed by atoms with Crippen LogP contribution in [0.15, 0.2) is 17.0 Å². The van der Waals surface area contributed by atoms with Gasteiger partial charge in [-0.1, -0.05) is 0 Å². The van der Waals surface area contributed by atoms with E-state index in [1.54, 1.807) is 22.7 Å². The van der Waals surface area contributed by atoms with Crippen molar-refractivity contribution in [1.29, 1.82) is 0 Å². The van der Waals surface area contributed by atoms with Gasteiger partial charge in [0.15, 0.2) is 0 Å². The molecule has 0 aliphatic carbocycles. The second-order valence-electron chi connectivity index (χ2n) is 2.92. The van der Waals surface area contributed by atoms with Crippen LogP contribution in [-0.4, -0.2) is 17.0 Å². The molecule has 1 unspecified atom stereocenters. The largest absolute Gasteiger partial charge is 0.305 e. The Morgan fingerprint density at radius 1 is 1.36 bits per heavy atom. The molecular weight excluding hydrogens is 214 g/mol. The Morgan fingerprint density at radius 3 is 2.71 bits per heavy atom. The van der Waals surface area contributed by atoms with Gasteiger partial charge in [-0.25, -0.2) is 9.97 Å². The monoisotopic (exact) mass is 225 g/mol. The standard InChI is InChI=1S/C9H11N3S2/c1-6-5-14-9(12-6)7(10-2)8-11-3-4-13-8/h3-5,7,10H,1-2H3. The van der Waals surface area contributed by atoms with Gasteiger partial charge in [0.1, 0.15) is 16.1 Å². The van der Waals surface area contributed by atoms with Gasteiger partial charge < -0.3 is 5.32 Å². The van der Waals surface area contributed by atoms with E-state index in [9.17, 15) is 0 Å². The number of aryl methyl sites for hydroxylation is 1. The van der Waals surface area contributed by atoms with Crippen LogP contribution in [0.3, 0.4) is 0 Å². The second-order valence-corrected chi connectivity index (χ2v) is 4.73. The van der Waals surface area contributed by atoms with Gasteiger partial charge in [0.2, 0.25) is 0 Å². The van der Waals surface area contributed by atoms with Gasteiger partial charge in [-0.15, -0.1) is 22.7 Å². The summed E-state index contributed by atoms with van der Waals surface area (Å²) in [6, 6.07) is 0.147. The molecule has 0 aromatic carbocycles. The first kappa shape index (κ1) is 9.76. The summed E-state index contributed by atoms with van der Waals surface area (Å²) in [6.07, 6.45) is 1.82. The van der Waals surface area contributed by atoms with E-state index in [0.29, 0.717) is 0 Å². The molecule has 1 atom stereocenters. The van der Waals surface area contributed by atoms with Crippen molar-refractivity contribution < 1.29 is 0 Å². The molecule has 0 bridgehead atoms. The molecule has 0 saturated carbocycles. The molecule has 0 aliphatic rings. The van der Waals surface area contributed by atoms with Crippen LogP contribution >= 0.6 is 22.7 Å². The van der Waals surface area contributed by atoms with Crippen LogP contribution in [0.1, 0.15) is 21.8 Å². The molecule has 2 heterocycles. The van der Waals surface area contributed by atoms with Gasteiger partial charge in [-0.3, -0.25) is 0 Å². The maximum atomic E-state index is 4.46. The highest BCUT2D eigenvalue weighted by Crippen LogP contribution is 2.25. The van der Waals surface area contributed by atoms with Gasteiger partial charge in [-0.05, 0) is 14.0 Å². The highest BCUT2D eigenvalue weighted by atomic mass is 32.1. The quantitative estimate of drug-likeness (QED) is 0.870. The molecule has 0 fully saturated rings. The van der Waals surface area contributed by atoms with Crippen LogP contribution in [0.2, 0.25) is 0 Å². The molecule has 0 amide bonds. The number of nitrogens with one attached hydrogen (secondary N) is 1. The Kier molecular flexibility index (Phi) is 2.90. The summed E-state index contributed by atoms with van der Waals surface area (Å²) in [5, 5.41) is 9.43. The highest BCUT2D eigenvalue weighted by molar-refractivity contribution is 7.11. The topological polar surface area (TPSA) is 37.8 Å². The van der Waals surface area contributed by atoms with Crippen molar-refractivity contribution in [2.24, 2.45) is 0 Å². The van der Waals surface area contributed by atoms with Gasteiger partial charge in [0.25, 0.3) is 0 Å². The van der Waals surface area contributed by atoms with E-state index >= 15 is 0 Å². The minimum Gasteiger partial charge on any atom is -0.305 e. The van der Waals surface area contributed by atoms with Crippen LogP contribution in [0.4, 0.5) is 0 Å². The molecule has 2 aromatic heterocycles. The zero-order valence-corrected chi connectivity index (χ0v) is 9.65. The van der Waals surface area contributed by atoms with Gasteiger partial charge in [0, 0.05) is 22.7 Å². The third-order valence-electron chi connectivity index (χ3n) is 1.87. The van der Waals surface area contributed by atoms with Crippen molar-refractivity contribution in [3.05, 3.63) is 32.7 Å². The maximum absolute atomic E-state index is 4.46. The summed E-state index contributed by atoms with van der Waals surface area (Å²) in [4.78, 5) is 8.76. The van der Waals surface area contributed by atoms with Crippen LogP contribution in [-0.2, 0) is 0 Å². The lowest BCUT2D eigenvalue weighted by Crippen LogP contribution is -2.17. The Balaban J connectivity index is 2.31. The molecule has 0 spiro atoms. The predicted octanol–water partition coefficient (Wildman–Crippen LogP) is 2.22. The fourth-order valence-corrected chi connectivity index (χ4v) is 2.96. The minimum atomic E-state index is 0.147. The first-order valence-electron chi connectivity index (χ1n) is 4.30. The second kappa shape index (κ2) is 4.16. The van der Waals surface area contributed by atoms with Crippen molar-refractivity contribution >= 4 is 22.7 Å². The fourth-order valence-electron chi connectivity index (χ4n) is 1.23. The Hall–Kier alpha value is -0.780. The van der Waals surface area contributed by atoms with E-state index < -0.39 is 0 Å². The van der Waals surface area contributed by atoms with E-state index in [4.69, 9.17) is 0 Å². The average molecular weight is 225 g/mol. The first-order valence-corrected chi connectivity index (χ1v) is 6.06. The van der Waals surface area contributed by atoms with E-state index in [1.807, 2.05) is 25.5 Å². The summed E-state index contributed by atoms with van der Waals surface area (Å²) in [5.41, 5.74) is 1.07.